The average molecular weight is 316 g/mol. The van der Waals surface area contributed by atoms with Gasteiger partial charge in [0.15, 0.2) is 11.5 Å². The first-order valence-corrected chi connectivity index (χ1v) is 5.33. The highest BCUT2D eigenvalue weighted by Crippen LogP contribution is 2.32. The van der Waals surface area contributed by atoms with Gasteiger partial charge in [-0.3, -0.25) is 0 Å². The maximum absolute atomic E-state index is 12.4. The lowest BCUT2D eigenvalue weighted by atomic mass is 10.3. The number of alkyl halides is 6. The van der Waals surface area contributed by atoms with Gasteiger partial charge < -0.3 is 0 Å². The van der Waals surface area contributed by atoms with Gasteiger partial charge in [-0.15, -0.1) is 0 Å². The SMILES string of the molecule is FC(F)(F)c1ccc(-n2nc(C(F)(F)F)cc2Cl)nc1. The summed E-state index contributed by atoms with van der Waals surface area (Å²) in [5, 5.41) is 2.75. The molecule has 0 aliphatic rings. The molecule has 3 nitrogen and oxygen atoms in total. The second-order valence-corrected chi connectivity index (χ2v) is 4.05. The summed E-state index contributed by atoms with van der Waals surface area (Å²) in [7, 11) is 0. The molecule has 0 unspecified atom stereocenters. The van der Waals surface area contributed by atoms with Crippen LogP contribution in [-0.2, 0) is 12.4 Å². The van der Waals surface area contributed by atoms with Crippen LogP contribution in [0.4, 0.5) is 26.3 Å². The quantitative estimate of drug-likeness (QED) is 0.746. The summed E-state index contributed by atoms with van der Waals surface area (Å²) >= 11 is 5.55. The van der Waals surface area contributed by atoms with E-state index in [0.717, 1.165) is 6.07 Å². The standard InChI is InChI=1S/C10H4ClF6N3/c11-7-3-6(10(15,16)17)19-20(7)8-2-1-5(4-18-8)9(12,13)14/h1-4H. The molecule has 20 heavy (non-hydrogen) atoms. The van der Waals surface area contributed by atoms with Crippen molar-refractivity contribution in [3.8, 4) is 5.82 Å². The maximum atomic E-state index is 12.4. The Morgan fingerprint density at radius 2 is 1.65 bits per heavy atom. The highest BCUT2D eigenvalue weighted by Gasteiger charge is 2.35. The Morgan fingerprint density at radius 1 is 1.00 bits per heavy atom. The fraction of sp³-hybridized carbons (Fsp3) is 0.200. The minimum absolute atomic E-state index is 0.251. The lowest BCUT2D eigenvalue weighted by molar-refractivity contribution is -0.141. The van der Waals surface area contributed by atoms with Crippen LogP contribution >= 0.6 is 11.6 Å². The molecule has 0 atom stereocenters. The summed E-state index contributed by atoms with van der Waals surface area (Å²) in [5.41, 5.74) is -2.29. The Morgan fingerprint density at radius 3 is 2.05 bits per heavy atom. The summed E-state index contributed by atoms with van der Waals surface area (Å²) in [4.78, 5) is 3.40. The van der Waals surface area contributed by atoms with Gasteiger partial charge in [0.25, 0.3) is 0 Å². The molecule has 0 amide bonds. The Kier molecular flexibility index (Phi) is 3.41. The Hall–Kier alpha value is -1.77. The zero-order chi connectivity index (χ0) is 15.1. The van der Waals surface area contributed by atoms with Crippen molar-refractivity contribution in [2.75, 3.05) is 0 Å². The second-order valence-electron chi connectivity index (χ2n) is 3.66. The number of halogens is 7. The molecular formula is C10H4ClF6N3. The summed E-state index contributed by atoms with van der Waals surface area (Å²) in [6.07, 6.45) is -8.81. The number of aromatic nitrogens is 3. The van der Waals surface area contributed by atoms with Gasteiger partial charge in [-0.1, -0.05) is 11.6 Å². The molecule has 0 fully saturated rings. The van der Waals surface area contributed by atoms with Gasteiger partial charge in [-0.2, -0.15) is 31.4 Å². The fourth-order valence-corrected chi connectivity index (χ4v) is 1.56. The highest BCUT2D eigenvalue weighted by atomic mass is 35.5. The molecule has 0 radical (unpaired) electrons. The molecule has 0 bridgehead atoms. The van der Waals surface area contributed by atoms with Gasteiger partial charge in [0.2, 0.25) is 0 Å². The fourth-order valence-electron chi connectivity index (χ4n) is 1.34. The third-order valence-electron chi connectivity index (χ3n) is 2.25. The molecule has 2 aromatic rings. The molecule has 108 valence electrons. The summed E-state index contributed by atoms with van der Waals surface area (Å²) in [6.45, 7) is 0. The molecule has 2 aromatic heterocycles. The van der Waals surface area contributed by atoms with Gasteiger partial charge in [0, 0.05) is 12.3 Å². The van der Waals surface area contributed by atoms with Crippen molar-refractivity contribution < 1.29 is 26.3 Å². The van der Waals surface area contributed by atoms with Crippen LogP contribution in [0.2, 0.25) is 5.15 Å². The minimum atomic E-state index is -4.71. The zero-order valence-electron chi connectivity index (χ0n) is 9.30. The van der Waals surface area contributed by atoms with Crippen molar-refractivity contribution in [1.82, 2.24) is 14.8 Å². The third-order valence-corrected chi connectivity index (χ3v) is 2.52. The summed E-state index contributed by atoms with van der Waals surface area (Å²) in [5.74, 6) is -0.251. The molecule has 0 saturated heterocycles. The van der Waals surface area contributed by atoms with Gasteiger partial charge in [-0.25, -0.2) is 9.67 Å². The lowest BCUT2D eigenvalue weighted by Crippen LogP contribution is -2.09. The molecule has 0 spiro atoms. The van der Waals surface area contributed by atoms with Crippen LogP contribution in [0.1, 0.15) is 11.3 Å². The van der Waals surface area contributed by atoms with Gasteiger partial charge in [0.1, 0.15) is 5.15 Å². The molecule has 0 N–H and O–H groups in total. The van der Waals surface area contributed by atoms with Crippen molar-refractivity contribution in [2.45, 2.75) is 12.4 Å². The smallest absolute Gasteiger partial charge is 0.236 e. The minimum Gasteiger partial charge on any atom is -0.236 e. The van der Waals surface area contributed by atoms with Gasteiger partial charge in [0.05, 0.1) is 5.56 Å². The van der Waals surface area contributed by atoms with Crippen LogP contribution in [-0.4, -0.2) is 14.8 Å². The van der Waals surface area contributed by atoms with Crippen molar-refractivity contribution in [3.63, 3.8) is 0 Å². The number of rotatable bonds is 1. The summed E-state index contributed by atoms with van der Waals surface area (Å²) < 4.78 is 74.8. The molecule has 0 aliphatic heterocycles. The molecular weight excluding hydrogens is 312 g/mol. The molecule has 0 saturated carbocycles. The molecule has 10 heteroatoms. The normalized spacial score (nSPS) is 12.8. The monoisotopic (exact) mass is 315 g/mol. The van der Waals surface area contributed by atoms with Crippen LogP contribution in [0.15, 0.2) is 24.4 Å². The van der Waals surface area contributed by atoms with Gasteiger partial charge in [-0.05, 0) is 12.1 Å². The first-order chi connectivity index (χ1) is 9.09. The third kappa shape index (κ3) is 2.87. The van der Waals surface area contributed by atoms with Crippen LogP contribution in [0.3, 0.4) is 0 Å². The van der Waals surface area contributed by atoms with Crippen molar-refractivity contribution in [3.05, 3.63) is 40.8 Å². The topological polar surface area (TPSA) is 30.7 Å². The van der Waals surface area contributed by atoms with E-state index in [-0.39, 0.29) is 5.82 Å². The highest BCUT2D eigenvalue weighted by molar-refractivity contribution is 6.29. The number of hydrogen-bond donors (Lipinski definition) is 0. The van der Waals surface area contributed by atoms with Crippen molar-refractivity contribution >= 4 is 11.6 Å². The van der Waals surface area contributed by atoms with E-state index < -0.39 is 28.8 Å². The lowest BCUT2D eigenvalue weighted by Gasteiger charge is -2.07. The molecule has 2 rings (SSSR count). The van der Waals surface area contributed by atoms with Crippen LogP contribution < -0.4 is 0 Å². The van der Waals surface area contributed by atoms with E-state index in [4.69, 9.17) is 11.6 Å². The van der Waals surface area contributed by atoms with Crippen molar-refractivity contribution in [2.24, 2.45) is 0 Å². The second kappa shape index (κ2) is 4.65. The largest absolute Gasteiger partial charge is 0.435 e. The van der Waals surface area contributed by atoms with E-state index in [0.29, 0.717) is 23.0 Å². The Balaban J connectivity index is 2.40. The zero-order valence-corrected chi connectivity index (χ0v) is 10.1. The Bertz CT molecular complexity index is 613. The summed E-state index contributed by atoms with van der Waals surface area (Å²) in [6, 6.07) is 2.11. The first kappa shape index (κ1) is 14.6. The van der Waals surface area contributed by atoms with E-state index in [1.807, 2.05) is 0 Å². The predicted octanol–water partition coefficient (Wildman–Crippen LogP) is 3.96. The molecule has 0 aliphatic carbocycles. The van der Waals surface area contributed by atoms with Gasteiger partial charge >= 0.3 is 12.4 Å². The maximum Gasteiger partial charge on any atom is 0.435 e. The Labute approximate surface area is 112 Å². The van der Waals surface area contributed by atoms with E-state index in [2.05, 4.69) is 10.1 Å². The number of hydrogen-bond acceptors (Lipinski definition) is 2. The van der Waals surface area contributed by atoms with Crippen molar-refractivity contribution in [1.29, 1.82) is 0 Å². The molecule has 2 heterocycles. The average Bonchev–Trinajstić information content (AvgIpc) is 2.70. The predicted molar refractivity (Wildman–Crippen MR) is 56.4 cm³/mol. The van der Waals surface area contributed by atoms with E-state index in [1.165, 1.54) is 0 Å². The van der Waals surface area contributed by atoms with Crippen LogP contribution in [0.25, 0.3) is 5.82 Å². The number of nitrogens with zero attached hydrogens (tertiary/aromatic N) is 3. The van der Waals surface area contributed by atoms with E-state index in [9.17, 15) is 26.3 Å². The first-order valence-electron chi connectivity index (χ1n) is 4.95. The van der Waals surface area contributed by atoms with E-state index in [1.54, 1.807) is 0 Å². The molecule has 0 aromatic carbocycles. The van der Waals surface area contributed by atoms with E-state index >= 15 is 0 Å². The number of pyridine rings is 1. The van der Waals surface area contributed by atoms with Crippen LogP contribution in [0.5, 0.6) is 0 Å². The van der Waals surface area contributed by atoms with Crippen LogP contribution in [0, 0.1) is 0 Å².